The van der Waals surface area contributed by atoms with Crippen molar-refractivity contribution in [1.29, 1.82) is 0 Å². The van der Waals surface area contributed by atoms with Crippen molar-refractivity contribution in [2.45, 2.75) is 58.1 Å². The molecule has 1 amide bonds. The molecule has 9 nitrogen and oxygen atoms in total. The normalized spacial score (nSPS) is 16.2. The van der Waals surface area contributed by atoms with Crippen LogP contribution in [0.3, 0.4) is 0 Å². The molecule has 3 heterocycles. The van der Waals surface area contributed by atoms with Crippen LogP contribution in [-0.4, -0.2) is 43.6 Å². The van der Waals surface area contributed by atoms with Gasteiger partial charge in [0.2, 0.25) is 0 Å². The van der Waals surface area contributed by atoms with Gasteiger partial charge in [0, 0.05) is 54.8 Å². The molecule has 0 atom stereocenters. The third kappa shape index (κ3) is 5.70. The molecule has 0 aliphatic heterocycles. The van der Waals surface area contributed by atoms with E-state index in [1.807, 2.05) is 69.0 Å². The second kappa shape index (κ2) is 11.2. The van der Waals surface area contributed by atoms with E-state index in [0.29, 0.717) is 25.7 Å². The average Bonchev–Trinajstić information content (AvgIpc) is 3.21. The summed E-state index contributed by atoms with van der Waals surface area (Å²) in [7, 11) is 3.63. The Bertz CT molecular complexity index is 1740. The first-order valence-electron chi connectivity index (χ1n) is 13.9. The van der Waals surface area contributed by atoms with Crippen LogP contribution in [0.5, 0.6) is 0 Å². The number of allylic oxidation sites excluding steroid dienone is 2. The number of benzene rings is 1. The number of carbonyl (C=O) groups excluding carboxylic acids is 1. The number of pyridine rings is 2. The molecule has 41 heavy (non-hydrogen) atoms. The maximum absolute atomic E-state index is 13.6. The lowest BCUT2D eigenvalue weighted by atomic mass is 9.93. The van der Waals surface area contributed by atoms with Gasteiger partial charge < -0.3 is 10.1 Å². The molecule has 212 valence electrons. The van der Waals surface area contributed by atoms with Crippen molar-refractivity contribution in [1.82, 2.24) is 24.4 Å². The number of hydrogen-bond acceptors (Lipinski definition) is 6. The van der Waals surface area contributed by atoms with Gasteiger partial charge in [-0.05, 0) is 70.2 Å². The molecule has 5 rings (SSSR count). The summed E-state index contributed by atoms with van der Waals surface area (Å²) in [6, 6.07) is 10.1. The Hall–Kier alpha value is -4.53. The fraction of sp³-hybridized carbons (Fsp3) is 0.344. The topological polar surface area (TPSA) is 103 Å². The maximum Gasteiger partial charge on any atom is 0.434 e. The van der Waals surface area contributed by atoms with E-state index in [0.717, 1.165) is 50.0 Å². The second-order valence-corrected chi connectivity index (χ2v) is 11.3. The highest BCUT2D eigenvalue weighted by Crippen LogP contribution is 2.34. The summed E-state index contributed by atoms with van der Waals surface area (Å²) in [6.07, 6.45) is 9.38. The number of ether oxygens (including phenoxy) is 1. The van der Waals surface area contributed by atoms with Gasteiger partial charge in [-0.15, -0.1) is 0 Å². The number of aliphatic imine (C=N–C) groups is 1. The van der Waals surface area contributed by atoms with Gasteiger partial charge in [0.15, 0.2) is 0 Å². The number of imidazole rings is 1. The summed E-state index contributed by atoms with van der Waals surface area (Å²) in [5, 5.41) is 3.93. The highest BCUT2D eigenvalue weighted by atomic mass is 16.6. The van der Waals surface area contributed by atoms with E-state index in [-0.39, 0.29) is 11.7 Å². The molecule has 1 saturated carbocycles. The van der Waals surface area contributed by atoms with Crippen LogP contribution < -0.4 is 11.0 Å². The smallest absolute Gasteiger partial charge is 0.434 e. The summed E-state index contributed by atoms with van der Waals surface area (Å²) < 4.78 is 8.93. The molecule has 4 aromatic rings. The minimum atomic E-state index is -0.585. The van der Waals surface area contributed by atoms with Gasteiger partial charge >= 0.3 is 11.8 Å². The molecule has 0 radical (unpaired) electrons. The molecular formula is C32H36N6O3. The van der Waals surface area contributed by atoms with E-state index >= 15 is 0 Å². The third-order valence-electron chi connectivity index (χ3n) is 7.37. The lowest BCUT2D eigenvalue weighted by Crippen LogP contribution is -2.29. The van der Waals surface area contributed by atoms with Crippen LogP contribution in [0.25, 0.3) is 38.6 Å². The minimum absolute atomic E-state index is 0.0183. The second-order valence-electron chi connectivity index (χ2n) is 11.3. The Morgan fingerprint density at radius 2 is 1.85 bits per heavy atom. The maximum atomic E-state index is 13.6. The number of fused-ring (bicyclic) bond motifs is 3. The monoisotopic (exact) mass is 552 g/mol. The summed E-state index contributed by atoms with van der Waals surface area (Å²) in [4.78, 5) is 39.3. The molecular weight excluding hydrogens is 516 g/mol. The Morgan fingerprint density at radius 1 is 1.12 bits per heavy atom. The molecule has 0 unspecified atom stereocenters. The van der Waals surface area contributed by atoms with Crippen LogP contribution in [0.1, 0.15) is 58.2 Å². The fourth-order valence-electron chi connectivity index (χ4n) is 5.39. The minimum Gasteiger partial charge on any atom is -0.442 e. The van der Waals surface area contributed by atoms with Gasteiger partial charge in [-0.1, -0.05) is 24.8 Å². The first-order chi connectivity index (χ1) is 19.6. The lowest BCUT2D eigenvalue weighted by Gasteiger charge is -2.25. The van der Waals surface area contributed by atoms with E-state index in [4.69, 9.17) is 4.74 Å². The molecule has 0 spiro atoms. The predicted octanol–water partition coefficient (Wildman–Crippen LogP) is 6.19. The standard InChI is InChI=1S/C32H36N6O3/c1-7-20(17-33-5)26-14-9-22(18-34-26)21-8-15-27-25(16-21)29-28(19-35-27)37(6)31(40)38(29)24-12-10-23(11-13-24)36-30(39)41-32(2,3)4/h7-9,14-19,24,33H,1,10-13H2,2-6H3/b20-17+,36-23?. The molecule has 0 saturated heterocycles. The van der Waals surface area contributed by atoms with Crippen LogP contribution in [0.2, 0.25) is 0 Å². The van der Waals surface area contributed by atoms with Crippen LogP contribution in [0, 0.1) is 0 Å². The van der Waals surface area contributed by atoms with E-state index in [2.05, 4.69) is 32.9 Å². The Labute approximate surface area is 239 Å². The zero-order valence-electron chi connectivity index (χ0n) is 24.3. The molecule has 9 heteroatoms. The molecule has 1 N–H and O–H groups in total. The SMILES string of the molecule is C=C/C(=C\NC)c1ccc(-c2ccc3ncc4c(c3c2)n(C2CCC(=NC(=O)OC(C)(C)C)CC2)c(=O)n4C)cn1. The molecule has 1 fully saturated rings. The largest absolute Gasteiger partial charge is 0.442 e. The van der Waals surface area contributed by atoms with Crippen LogP contribution in [0.15, 0.2) is 71.4 Å². The Kier molecular flexibility index (Phi) is 7.62. The van der Waals surface area contributed by atoms with E-state index in [1.165, 1.54) is 0 Å². The number of rotatable bonds is 5. The first-order valence-corrected chi connectivity index (χ1v) is 13.9. The highest BCUT2D eigenvalue weighted by Gasteiger charge is 2.26. The summed E-state index contributed by atoms with van der Waals surface area (Å²) in [5.74, 6) is 0. The van der Waals surface area contributed by atoms with Gasteiger partial charge in [-0.2, -0.15) is 4.99 Å². The zero-order chi connectivity index (χ0) is 29.3. The quantitative estimate of drug-likeness (QED) is 0.296. The van der Waals surface area contributed by atoms with Gasteiger partial charge in [-0.25, -0.2) is 9.59 Å². The van der Waals surface area contributed by atoms with Crippen molar-refractivity contribution in [3.63, 3.8) is 0 Å². The zero-order valence-corrected chi connectivity index (χ0v) is 24.3. The number of nitrogens with one attached hydrogen (secondary N) is 1. The molecule has 1 aliphatic rings. The number of hydrogen-bond donors (Lipinski definition) is 1. The first kappa shape index (κ1) is 28.0. The number of aryl methyl sites for hydroxylation is 1. The Morgan fingerprint density at radius 3 is 2.49 bits per heavy atom. The number of amides is 1. The van der Waals surface area contributed by atoms with Crippen LogP contribution in [0.4, 0.5) is 4.79 Å². The molecule has 0 bridgehead atoms. The van der Waals surface area contributed by atoms with Gasteiger partial charge in [0.1, 0.15) is 5.60 Å². The van der Waals surface area contributed by atoms with Crippen molar-refractivity contribution in [3.05, 3.63) is 77.8 Å². The summed E-state index contributed by atoms with van der Waals surface area (Å²) in [5.41, 5.74) is 6.32. The van der Waals surface area contributed by atoms with Crippen molar-refractivity contribution in [2.24, 2.45) is 12.0 Å². The molecule has 1 aliphatic carbocycles. The van der Waals surface area contributed by atoms with Gasteiger partial charge in [0.25, 0.3) is 0 Å². The van der Waals surface area contributed by atoms with Crippen LogP contribution >= 0.6 is 0 Å². The highest BCUT2D eigenvalue weighted by molar-refractivity contribution is 6.04. The van der Waals surface area contributed by atoms with Crippen molar-refractivity contribution in [2.75, 3.05) is 7.05 Å². The third-order valence-corrected chi connectivity index (χ3v) is 7.37. The molecule has 1 aromatic carbocycles. The predicted molar refractivity (Wildman–Crippen MR) is 164 cm³/mol. The van der Waals surface area contributed by atoms with Crippen molar-refractivity contribution >= 4 is 39.3 Å². The lowest BCUT2D eigenvalue weighted by molar-refractivity contribution is 0.0603. The molecule has 3 aromatic heterocycles. The number of aromatic nitrogens is 4. The average molecular weight is 553 g/mol. The van der Waals surface area contributed by atoms with Crippen molar-refractivity contribution in [3.8, 4) is 11.1 Å². The van der Waals surface area contributed by atoms with E-state index in [1.54, 1.807) is 23.9 Å². The number of carbonyl (C=O) groups is 1. The van der Waals surface area contributed by atoms with Crippen LogP contribution in [-0.2, 0) is 11.8 Å². The summed E-state index contributed by atoms with van der Waals surface area (Å²) >= 11 is 0. The summed E-state index contributed by atoms with van der Waals surface area (Å²) in [6.45, 7) is 9.35. The van der Waals surface area contributed by atoms with Crippen molar-refractivity contribution < 1.29 is 9.53 Å². The van der Waals surface area contributed by atoms with Gasteiger partial charge in [0.05, 0.1) is 28.4 Å². The number of nitrogens with zero attached hydrogens (tertiary/aromatic N) is 5. The van der Waals surface area contributed by atoms with E-state index < -0.39 is 11.7 Å². The van der Waals surface area contributed by atoms with E-state index in [9.17, 15) is 9.59 Å². The fourth-order valence-corrected chi connectivity index (χ4v) is 5.39. The Balaban J connectivity index is 1.51. The van der Waals surface area contributed by atoms with Gasteiger partial charge in [-0.3, -0.25) is 19.1 Å².